The molecule has 0 radical (unpaired) electrons. The van der Waals surface area contributed by atoms with Gasteiger partial charge >= 0.3 is 6.09 Å². The zero-order valence-electron chi connectivity index (χ0n) is 5.11. The average Bonchev–Trinajstić information content (AvgIpc) is 2.34. The maximum Gasteiger partial charge on any atom is 0.404 e. The van der Waals surface area contributed by atoms with E-state index in [1.165, 1.54) is 6.20 Å². The summed E-state index contributed by atoms with van der Waals surface area (Å²) in [6, 6.07) is 1.59. The maximum atomic E-state index is 10.0. The van der Waals surface area contributed by atoms with Crippen LogP contribution in [0.15, 0.2) is 16.8 Å². The Balaban J connectivity index is 2.35. The molecule has 0 bridgehead atoms. The Morgan fingerprint density at radius 3 is 3.20 bits per heavy atom. The first-order valence-corrected chi connectivity index (χ1v) is 2.61. The van der Waals surface area contributed by atoms with Crippen LogP contribution < -0.4 is 5.73 Å². The second-order valence-corrected chi connectivity index (χ2v) is 1.59. The molecule has 1 aromatic heterocycles. The summed E-state index contributed by atoms with van der Waals surface area (Å²) in [7, 11) is 0. The minimum Gasteiger partial charge on any atom is -0.441 e. The van der Waals surface area contributed by atoms with E-state index in [1.54, 1.807) is 6.07 Å². The Morgan fingerprint density at radius 1 is 1.90 bits per heavy atom. The summed E-state index contributed by atoms with van der Waals surface area (Å²) in [5.74, 6) is 0.471. The number of hydrogen-bond donors (Lipinski definition) is 1. The quantitative estimate of drug-likeness (QED) is 0.642. The van der Waals surface area contributed by atoms with Gasteiger partial charge in [-0.2, -0.15) is 0 Å². The number of amides is 1. The van der Waals surface area contributed by atoms with E-state index in [0.29, 0.717) is 5.76 Å². The smallest absolute Gasteiger partial charge is 0.404 e. The van der Waals surface area contributed by atoms with Gasteiger partial charge in [0.25, 0.3) is 0 Å². The summed E-state index contributed by atoms with van der Waals surface area (Å²) < 4.78 is 8.99. The Labute approximate surface area is 56.7 Å². The van der Waals surface area contributed by atoms with E-state index in [1.807, 2.05) is 0 Å². The van der Waals surface area contributed by atoms with Crippen molar-refractivity contribution in [2.45, 2.75) is 6.61 Å². The van der Waals surface area contributed by atoms with Crippen LogP contribution in [0, 0.1) is 0 Å². The summed E-state index contributed by atoms with van der Waals surface area (Å²) in [6.45, 7) is 0.0370. The van der Waals surface area contributed by atoms with Gasteiger partial charge in [-0.05, 0) is 0 Å². The van der Waals surface area contributed by atoms with Crippen LogP contribution in [0.2, 0.25) is 0 Å². The number of nitrogens with zero attached hydrogens (tertiary/aromatic N) is 1. The van der Waals surface area contributed by atoms with Gasteiger partial charge < -0.3 is 15.0 Å². The fraction of sp³-hybridized carbons (Fsp3) is 0.200. The highest BCUT2D eigenvalue weighted by Gasteiger charge is 1.98. The van der Waals surface area contributed by atoms with Crippen LogP contribution in [-0.4, -0.2) is 11.2 Å². The molecule has 0 aliphatic heterocycles. The lowest BCUT2D eigenvalue weighted by atomic mass is 10.5. The van der Waals surface area contributed by atoms with Gasteiger partial charge in [0, 0.05) is 6.07 Å². The van der Waals surface area contributed by atoms with Crippen LogP contribution in [0.4, 0.5) is 4.79 Å². The van der Waals surface area contributed by atoms with E-state index in [-0.39, 0.29) is 6.61 Å². The fourth-order valence-electron chi connectivity index (χ4n) is 0.459. The first-order valence-electron chi connectivity index (χ1n) is 2.61. The number of ether oxygens (including phenoxy) is 1. The minimum atomic E-state index is -0.823. The molecule has 0 atom stereocenters. The number of carbonyl (C=O) groups excluding carboxylic acids is 1. The van der Waals surface area contributed by atoms with Crippen molar-refractivity contribution in [3.63, 3.8) is 0 Å². The fourth-order valence-corrected chi connectivity index (χ4v) is 0.459. The topological polar surface area (TPSA) is 78.4 Å². The largest absolute Gasteiger partial charge is 0.441 e. The predicted octanol–water partition coefficient (Wildman–Crippen LogP) is 0.270. The third kappa shape index (κ3) is 1.77. The highest BCUT2D eigenvalue weighted by atomic mass is 16.6. The molecule has 0 saturated carbocycles. The van der Waals surface area contributed by atoms with Crippen molar-refractivity contribution >= 4 is 6.09 Å². The number of nitrogens with two attached hydrogens (primary N) is 1. The lowest BCUT2D eigenvalue weighted by Crippen LogP contribution is -2.12. The van der Waals surface area contributed by atoms with Gasteiger partial charge in [0.05, 0.1) is 6.20 Å². The molecule has 10 heavy (non-hydrogen) atoms. The molecule has 0 saturated heterocycles. The Morgan fingerprint density at radius 2 is 2.70 bits per heavy atom. The van der Waals surface area contributed by atoms with E-state index in [9.17, 15) is 4.79 Å². The molecule has 1 amide bonds. The van der Waals surface area contributed by atoms with E-state index >= 15 is 0 Å². The summed E-state index contributed by atoms with van der Waals surface area (Å²) in [5, 5.41) is 3.39. The van der Waals surface area contributed by atoms with Crippen molar-refractivity contribution in [1.29, 1.82) is 0 Å². The molecule has 5 heteroatoms. The second kappa shape index (κ2) is 2.86. The van der Waals surface area contributed by atoms with E-state index in [0.717, 1.165) is 0 Å². The molecule has 0 aliphatic rings. The molecule has 0 aliphatic carbocycles. The number of carbonyl (C=O) groups is 1. The van der Waals surface area contributed by atoms with Crippen LogP contribution >= 0.6 is 0 Å². The van der Waals surface area contributed by atoms with Crippen LogP contribution in [-0.2, 0) is 11.3 Å². The maximum absolute atomic E-state index is 10.0. The Hall–Kier alpha value is -1.52. The second-order valence-electron chi connectivity index (χ2n) is 1.59. The number of rotatable bonds is 2. The van der Waals surface area contributed by atoms with Gasteiger partial charge in [0.2, 0.25) is 0 Å². The number of aromatic nitrogens is 1. The van der Waals surface area contributed by atoms with Crippen LogP contribution in [0.1, 0.15) is 5.76 Å². The average molecular weight is 142 g/mol. The summed E-state index contributed by atoms with van der Waals surface area (Å²) in [5.41, 5.74) is 4.69. The molecule has 54 valence electrons. The number of primary amides is 1. The highest BCUT2D eigenvalue weighted by molar-refractivity contribution is 5.64. The molecular weight excluding hydrogens is 136 g/mol. The zero-order valence-corrected chi connectivity index (χ0v) is 5.11. The third-order valence-corrected chi connectivity index (χ3v) is 0.848. The first kappa shape index (κ1) is 6.60. The Bertz CT molecular complexity index is 207. The van der Waals surface area contributed by atoms with Crippen LogP contribution in [0.25, 0.3) is 0 Å². The molecule has 1 rings (SSSR count). The standard InChI is InChI=1S/C5H6N2O3/c6-5(8)9-3-4-1-2-7-10-4/h1-2H,3H2,(H2,6,8). The molecule has 2 N–H and O–H groups in total. The van der Waals surface area contributed by atoms with E-state index in [4.69, 9.17) is 0 Å². The van der Waals surface area contributed by atoms with E-state index in [2.05, 4.69) is 20.2 Å². The summed E-state index contributed by atoms with van der Waals surface area (Å²) >= 11 is 0. The monoisotopic (exact) mass is 142 g/mol. The van der Waals surface area contributed by atoms with Crippen molar-refractivity contribution in [2.75, 3.05) is 0 Å². The number of hydrogen-bond acceptors (Lipinski definition) is 4. The summed E-state index contributed by atoms with van der Waals surface area (Å²) in [4.78, 5) is 10.0. The predicted molar refractivity (Wildman–Crippen MR) is 30.9 cm³/mol. The SMILES string of the molecule is NC(=O)OCc1ccno1. The molecule has 0 unspecified atom stereocenters. The van der Waals surface area contributed by atoms with Gasteiger partial charge in [-0.15, -0.1) is 0 Å². The van der Waals surface area contributed by atoms with Gasteiger partial charge in [-0.25, -0.2) is 4.79 Å². The lowest BCUT2D eigenvalue weighted by molar-refractivity contribution is 0.137. The third-order valence-electron chi connectivity index (χ3n) is 0.848. The normalized spacial score (nSPS) is 9.20. The van der Waals surface area contributed by atoms with Crippen molar-refractivity contribution in [2.24, 2.45) is 5.73 Å². The van der Waals surface area contributed by atoms with Gasteiger partial charge in [0.1, 0.15) is 0 Å². The molecule has 5 nitrogen and oxygen atoms in total. The van der Waals surface area contributed by atoms with E-state index < -0.39 is 6.09 Å². The van der Waals surface area contributed by atoms with Crippen molar-refractivity contribution in [3.8, 4) is 0 Å². The van der Waals surface area contributed by atoms with Gasteiger partial charge in [-0.1, -0.05) is 5.16 Å². The minimum absolute atomic E-state index is 0.0370. The van der Waals surface area contributed by atoms with Crippen LogP contribution in [0.5, 0.6) is 0 Å². The highest BCUT2D eigenvalue weighted by Crippen LogP contribution is 1.97. The molecular formula is C5H6N2O3. The van der Waals surface area contributed by atoms with Gasteiger partial charge in [0.15, 0.2) is 12.4 Å². The lowest BCUT2D eigenvalue weighted by Gasteiger charge is -1.93. The van der Waals surface area contributed by atoms with Gasteiger partial charge in [-0.3, -0.25) is 0 Å². The van der Waals surface area contributed by atoms with Crippen LogP contribution in [0.3, 0.4) is 0 Å². The zero-order chi connectivity index (χ0) is 7.40. The molecule has 1 heterocycles. The molecule has 0 spiro atoms. The van der Waals surface area contributed by atoms with Crippen molar-refractivity contribution in [3.05, 3.63) is 18.0 Å². The van der Waals surface area contributed by atoms with Crippen molar-refractivity contribution in [1.82, 2.24) is 5.16 Å². The summed E-state index contributed by atoms with van der Waals surface area (Å²) in [6.07, 6.45) is 0.635. The molecule has 0 fully saturated rings. The van der Waals surface area contributed by atoms with Crippen molar-refractivity contribution < 1.29 is 14.1 Å². The molecule has 0 aromatic carbocycles. The Kier molecular flexibility index (Phi) is 1.89. The molecule has 1 aromatic rings. The first-order chi connectivity index (χ1) is 4.79.